The van der Waals surface area contributed by atoms with E-state index in [2.05, 4.69) is 15.6 Å². The highest BCUT2D eigenvalue weighted by atomic mass is 32.2. The third-order valence-electron chi connectivity index (χ3n) is 3.41. The van der Waals surface area contributed by atoms with Crippen LogP contribution in [0.5, 0.6) is 0 Å². The summed E-state index contributed by atoms with van der Waals surface area (Å²) in [5.41, 5.74) is 1.82. The van der Waals surface area contributed by atoms with Gasteiger partial charge in [0.2, 0.25) is 9.84 Å². The first-order valence-corrected chi connectivity index (χ1v) is 8.47. The summed E-state index contributed by atoms with van der Waals surface area (Å²) < 4.78 is 24.0. The van der Waals surface area contributed by atoms with Crippen LogP contribution >= 0.6 is 0 Å². The van der Waals surface area contributed by atoms with Gasteiger partial charge in [0.25, 0.3) is 0 Å². The summed E-state index contributed by atoms with van der Waals surface area (Å²) in [7, 11) is -3.46. The summed E-state index contributed by atoms with van der Waals surface area (Å²) in [4.78, 5) is 16.1. The highest BCUT2D eigenvalue weighted by Crippen LogP contribution is 2.34. The monoisotopic (exact) mass is 340 g/mol. The van der Waals surface area contributed by atoms with E-state index in [4.69, 9.17) is 5.26 Å². The Labute approximate surface area is 138 Å². The molecule has 1 aromatic heterocycles. The van der Waals surface area contributed by atoms with E-state index < -0.39 is 15.9 Å². The van der Waals surface area contributed by atoms with Crippen molar-refractivity contribution in [3.05, 3.63) is 53.1 Å². The van der Waals surface area contributed by atoms with Crippen LogP contribution in [0.3, 0.4) is 0 Å². The molecule has 0 bridgehead atoms. The van der Waals surface area contributed by atoms with Gasteiger partial charge < -0.3 is 5.32 Å². The molecule has 3 rings (SSSR count). The van der Waals surface area contributed by atoms with Crippen molar-refractivity contribution in [3.63, 3.8) is 0 Å². The van der Waals surface area contributed by atoms with Crippen molar-refractivity contribution in [2.45, 2.75) is 11.8 Å². The predicted octanol–water partition coefficient (Wildman–Crippen LogP) is 2.75. The number of hydrogen-bond donors (Lipinski definition) is 2. The van der Waals surface area contributed by atoms with E-state index in [-0.39, 0.29) is 16.4 Å². The number of pyridine rings is 1. The van der Waals surface area contributed by atoms with Gasteiger partial charge >= 0.3 is 6.03 Å². The maximum atomic E-state index is 12.0. The molecule has 8 heteroatoms. The van der Waals surface area contributed by atoms with Crippen LogP contribution in [0.1, 0.15) is 18.2 Å². The highest BCUT2D eigenvalue weighted by molar-refractivity contribution is 7.95. The van der Waals surface area contributed by atoms with Crippen LogP contribution in [0.15, 0.2) is 46.7 Å². The standard InChI is InChI=1S/C16H12N4O3S/c1-10-9-24(22,23)14-7-11(5-6-13(10)14)19-16(21)20-15-4-2-3-12(8-17)18-15/h2-7,9H,1H3,(H2,18,19,20,21). The van der Waals surface area contributed by atoms with Gasteiger partial charge in [-0.1, -0.05) is 12.1 Å². The number of benzene rings is 1. The zero-order valence-electron chi connectivity index (χ0n) is 12.6. The van der Waals surface area contributed by atoms with Gasteiger partial charge in [0.1, 0.15) is 17.6 Å². The number of aromatic nitrogens is 1. The minimum Gasteiger partial charge on any atom is -0.308 e. The fourth-order valence-corrected chi connectivity index (χ4v) is 3.91. The first-order valence-electron chi connectivity index (χ1n) is 6.92. The molecule has 2 heterocycles. The van der Waals surface area contributed by atoms with Crippen molar-refractivity contribution >= 4 is 32.9 Å². The second kappa shape index (κ2) is 5.79. The SMILES string of the molecule is CC1=CS(=O)(=O)c2cc(NC(=O)Nc3cccc(C#N)n3)ccc21. The Morgan fingerprint density at radius 3 is 2.75 bits per heavy atom. The second-order valence-corrected chi connectivity index (χ2v) is 6.92. The normalized spacial score (nSPS) is 14.2. The lowest BCUT2D eigenvalue weighted by Crippen LogP contribution is -2.20. The van der Waals surface area contributed by atoms with Crippen molar-refractivity contribution in [2.75, 3.05) is 10.6 Å². The molecule has 0 saturated carbocycles. The number of amides is 2. The van der Waals surface area contributed by atoms with E-state index >= 15 is 0 Å². The molecule has 120 valence electrons. The Balaban J connectivity index is 1.78. The lowest BCUT2D eigenvalue weighted by molar-refractivity contribution is 0.262. The molecule has 0 spiro atoms. The Morgan fingerprint density at radius 1 is 1.21 bits per heavy atom. The number of nitrogens with zero attached hydrogens (tertiary/aromatic N) is 2. The Bertz CT molecular complexity index is 1020. The van der Waals surface area contributed by atoms with E-state index in [0.29, 0.717) is 16.8 Å². The topological polar surface area (TPSA) is 112 Å². The van der Waals surface area contributed by atoms with E-state index in [1.807, 2.05) is 6.07 Å². The van der Waals surface area contributed by atoms with Gasteiger partial charge in [-0.3, -0.25) is 5.32 Å². The van der Waals surface area contributed by atoms with Crippen LogP contribution in [0.4, 0.5) is 16.3 Å². The average molecular weight is 340 g/mol. The predicted molar refractivity (Wildman–Crippen MR) is 88.9 cm³/mol. The molecule has 2 aromatic rings. The van der Waals surface area contributed by atoms with Gasteiger partial charge in [0.05, 0.1) is 4.90 Å². The lowest BCUT2D eigenvalue weighted by Gasteiger charge is -2.09. The number of urea groups is 1. The summed E-state index contributed by atoms with van der Waals surface area (Å²) in [6, 6.07) is 10.6. The Hall–Kier alpha value is -3.18. The van der Waals surface area contributed by atoms with Crippen LogP contribution in [0.2, 0.25) is 0 Å². The smallest absolute Gasteiger partial charge is 0.308 e. The molecule has 0 saturated heterocycles. The maximum Gasteiger partial charge on any atom is 0.324 e. The molecule has 0 fully saturated rings. The van der Waals surface area contributed by atoms with Crippen molar-refractivity contribution in [2.24, 2.45) is 0 Å². The summed E-state index contributed by atoms with van der Waals surface area (Å²) in [5.74, 6) is 0.220. The van der Waals surface area contributed by atoms with Crippen LogP contribution in [0, 0.1) is 11.3 Å². The molecule has 7 nitrogen and oxygen atoms in total. The third kappa shape index (κ3) is 2.98. The quantitative estimate of drug-likeness (QED) is 0.873. The first-order chi connectivity index (χ1) is 11.4. The molecular formula is C16H12N4O3S. The lowest BCUT2D eigenvalue weighted by atomic mass is 10.1. The van der Waals surface area contributed by atoms with Gasteiger partial charge in [-0.05, 0) is 42.3 Å². The van der Waals surface area contributed by atoms with Crippen molar-refractivity contribution in [3.8, 4) is 6.07 Å². The van der Waals surface area contributed by atoms with Crippen LogP contribution in [0.25, 0.3) is 5.57 Å². The first kappa shape index (κ1) is 15.7. The van der Waals surface area contributed by atoms with Crippen molar-refractivity contribution in [1.29, 1.82) is 5.26 Å². The fraction of sp³-hybridized carbons (Fsp3) is 0.0625. The van der Waals surface area contributed by atoms with Crippen LogP contribution < -0.4 is 10.6 Å². The number of carbonyl (C=O) groups excluding carboxylic acids is 1. The zero-order valence-corrected chi connectivity index (χ0v) is 13.4. The minimum atomic E-state index is -3.46. The van der Waals surface area contributed by atoms with E-state index in [0.717, 1.165) is 0 Å². The number of nitrogens with one attached hydrogen (secondary N) is 2. The van der Waals surface area contributed by atoms with E-state index in [9.17, 15) is 13.2 Å². The number of nitriles is 1. The van der Waals surface area contributed by atoms with Gasteiger partial charge in [-0.25, -0.2) is 18.2 Å². The summed E-state index contributed by atoms with van der Waals surface area (Å²) in [6.45, 7) is 1.72. The summed E-state index contributed by atoms with van der Waals surface area (Å²) >= 11 is 0. The molecule has 0 radical (unpaired) electrons. The average Bonchev–Trinajstić information content (AvgIpc) is 2.76. The van der Waals surface area contributed by atoms with E-state index in [1.165, 1.54) is 17.5 Å². The van der Waals surface area contributed by atoms with E-state index in [1.54, 1.807) is 31.2 Å². The molecule has 1 aromatic carbocycles. The number of sulfone groups is 1. The number of anilines is 2. The second-order valence-electron chi connectivity index (χ2n) is 5.16. The van der Waals surface area contributed by atoms with Gasteiger partial charge in [-0.15, -0.1) is 0 Å². The van der Waals surface area contributed by atoms with Gasteiger partial charge in [-0.2, -0.15) is 5.26 Å². The minimum absolute atomic E-state index is 0.169. The Kier molecular flexibility index (Phi) is 3.79. The molecule has 0 unspecified atom stereocenters. The third-order valence-corrected chi connectivity index (χ3v) is 5.02. The van der Waals surface area contributed by atoms with Gasteiger partial charge in [0, 0.05) is 11.1 Å². The molecule has 1 aliphatic rings. The molecule has 24 heavy (non-hydrogen) atoms. The molecule has 0 aliphatic carbocycles. The summed E-state index contributed by atoms with van der Waals surface area (Å²) in [5, 5.41) is 15.0. The number of hydrogen-bond acceptors (Lipinski definition) is 5. The van der Waals surface area contributed by atoms with Crippen molar-refractivity contribution in [1.82, 2.24) is 4.98 Å². The van der Waals surface area contributed by atoms with Crippen molar-refractivity contribution < 1.29 is 13.2 Å². The molecule has 1 aliphatic heterocycles. The molecule has 0 atom stereocenters. The maximum absolute atomic E-state index is 12.0. The van der Waals surface area contributed by atoms with Crippen LogP contribution in [-0.4, -0.2) is 19.4 Å². The summed E-state index contributed by atoms with van der Waals surface area (Å²) in [6.07, 6.45) is 0. The molecule has 2 N–H and O–H groups in total. The number of rotatable bonds is 2. The Morgan fingerprint density at radius 2 is 2.00 bits per heavy atom. The van der Waals surface area contributed by atoms with Crippen LogP contribution in [-0.2, 0) is 9.84 Å². The number of carbonyl (C=O) groups is 1. The zero-order chi connectivity index (χ0) is 17.3. The number of fused-ring (bicyclic) bond motifs is 1. The largest absolute Gasteiger partial charge is 0.324 e. The highest BCUT2D eigenvalue weighted by Gasteiger charge is 2.25. The molecular weight excluding hydrogens is 328 g/mol. The molecule has 2 amide bonds. The fourth-order valence-electron chi connectivity index (χ4n) is 2.37. The van der Waals surface area contributed by atoms with Gasteiger partial charge in [0.15, 0.2) is 0 Å². The number of allylic oxidation sites excluding steroid dienone is 1.